The number of nitrogens with one attached hydrogen (secondary N) is 1. The minimum absolute atomic E-state index is 0.143. The molecule has 1 fully saturated rings. The third kappa shape index (κ3) is 4.79. The van der Waals surface area contributed by atoms with Gasteiger partial charge in [-0.3, -0.25) is 9.59 Å². The number of thiazole rings is 1. The summed E-state index contributed by atoms with van der Waals surface area (Å²) >= 11 is 7.29. The van der Waals surface area contributed by atoms with Crippen LogP contribution < -0.4 is 14.8 Å². The van der Waals surface area contributed by atoms with E-state index in [-0.39, 0.29) is 17.6 Å². The van der Waals surface area contributed by atoms with Crippen molar-refractivity contribution in [3.8, 4) is 22.8 Å². The molecule has 1 aromatic heterocycles. The van der Waals surface area contributed by atoms with Crippen molar-refractivity contribution in [3.05, 3.63) is 58.2 Å². The lowest BCUT2D eigenvalue weighted by molar-refractivity contribution is -0.119. The predicted octanol–water partition coefficient (Wildman–Crippen LogP) is 4.86. The Labute approximate surface area is 199 Å². The number of methoxy groups -OCH3 is 2. The van der Waals surface area contributed by atoms with Crippen molar-refractivity contribution in [1.82, 2.24) is 9.88 Å². The number of nitrogens with zero attached hydrogens (tertiary/aromatic N) is 2. The summed E-state index contributed by atoms with van der Waals surface area (Å²) in [6.45, 7) is 0.445. The molecule has 0 spiro atoms. The highest BCUT2D eigenvalue weighted by atomic mass is 35.5. The fourth-order valence-electron chi connectivity index (χ4n) is 3.76. The van der Waals surface area contributed by atoms with Crippen molar-refractivity contribution < 1.29 is 23.5 Å². The van der Waals surface area contributed by atoms with Crippen molar-refractivity contribution >= 4 is 39.9 Å². The predicted molar refractivity (Wildman–Crippen MR) is 125 cm³/mol. The minimum atomic E-state index is -0.646. The van der Waals surface area contributed by atoms with Gasteiger partial charge in [-0.2, -0.15) is 0 Å². The Morgan fingerprint density at radius 3 is 2.67 bits per heavy atom. The fourth-order valence-corrected chi connectivity index (χ4v) is 4.66. The van der Waals surface area contributed by atoms with E-state index in [1.807, 2.05) is 0 Å². The Bertz CT molecular complexity index is 1200. The van der Waals surface area contributed by atoms with Crippen LogP contribution in [0.5, 0.6) is 11.5 Å². The van der Waals surface area contributed by atoms with Gasteiger partial charge in [0.25, 0.3) is 5.91 Å². The van der Waals surface area contributed by atoms with Crippen LogP contribution in [0.25, 0.3) is 11.3 Å². The Morgan fingerprint density at radius 1 is 1.18 bits per heavy atom. The van der Waals surface area contributed by atoms with E-state index in [4.69, 9.17) is 21.1 Å². The molecule has 1 unspecified atom stereocenters. The van der Waals surface area contributed by atoms with Gasteiger partial charge in [0.2, 0.25) is 5.91 Å². The number of anilines is 1. The van der Waals surface area contributed by atoms with Crippen molar-refractivity contribution in [1.29, 1.82) is 0 Å². The van der Waals surface area contributed by atoms with Crippen LogP contribution in [0.15, 0.2) is 41.8 Å². The first-order valence-corrected chi connectivity index (χ1v) is 11.4. The second-order valence-electron chi connectivity index (χ2n) is 7.38. The smallest absolute Gasteiger partial charge is 0.258 e. The van der Waals surface area contributed by atoms with Crippen LogP contribution in [-0.4, -0.2) is 48.5 Å². The molecule has 4 rings (SSSR count). The number of aromatic nitrogens is 1. The molecule has 1 saturated heterocycles. The number of rotatable bonds is 6. The highest BCUT2D eigenvalue weighted by Gasteiger charge is 2.36. The third-order valence-corrected chi connectivity index (χ3v) is 6.38. The number of benzene rings is 2. The molecule has 10 heteroatoms. The second kappa shape index (κ2) is 9.76. The van der Waals surface area contributed by atoms with E-state index in [1.165, 1.54) is 48.7 Å². The molecule has 0 bridgehead atoms. The molecule has 0 saturated carbocycles. The van der Waals surface area contributed by atoms with Gasteiger partial charge in [-0.25, -0.2) is 9.37 Å². The van der Waals surface area contributed by atoms with E-state index in [2.05, 4.69) is 10.3 Å². The molecule has 7 nitrogen and oxygen atoms in total. The van der Waals surface area contributed by atoms with Crippen LogP contribution in [-0.2, 0) is 4.79 Å². The lowest BCUT2D eigenvalue weighted by atomic mass is 10.1. The number of carbonyl (C=O) groups is 2. The Hall–Kier alpha value is -3.17. The number of likely N-dealkylation sites (tertiary alicyclic amines) is 1. The van der Waals surface area contributed by atoms with Gasteiger partial charge >= 0.3 is 0 Å². The number of carbonyl (C=O) groups excluding carboxylic acids is 2. The first-order valence-electron chi connectivity index (χ1n) is 10.2. The molecule has 3 aromatic rings. The standard InChI is InChI=1S/C23H21ClFN3O4S/c1-31-19-8-6-14(24)11-15(19)22(30)28-9-3-4-18(28)21(29)27-23-26-17(12-33-23)13-5-7-20(32-2)16(25)10-13/h5-8,10-12,18H,3-4,9H2,1-2H3,(H,26,27,29). The van der Waals surface area contributed by atoms with Crippen molar-refractivity contribution in [2.24, 2.45) is 0 Å². The van der Waals surface area contributed by atoms with Crippen LogP contribution in [0.1, 0.15) is 23.2 Å². The summed E-state index contributed by atoms with van der Waals surface area (Å²) in [4.78, 5) is 32.1. The van der Waals surface area contributed by atoms with E-state index in [1.54, 1.807) is 23.6 Å². The molecule has 1 N–H and O–H groups in total. The zero-order valence-electron chi connectivity index (χ0n) is 17.9. The summed E-state index contributed by atoms with van der Waals surface area (Å²) in [6.07, 6.45) is 1.23. The number of hydrogen-bond acceptors (Lipinski definition) is 6. The highest BCUT2D eigenvalue weighted by molar-refractivity contribution is 7.14. The topological polar surface area (TPSA) is 80.8 Å². The van der Waals surface area contributed by atoms with Crippen molar-refractivity contribution in [2.75, 3.05) is 26.1 Å². The van der Waals surface area contributed by atoms with Gasteiger partial charge in [-0.05, 0) is 49.2 Å². The van der Waals surface area contributed by atoms with Gasteiger partial charge in [-0.1, -0.05) is 11.6 Å². The average molecular weight is 490 g/mol. The third-order valence-electron chi connectivity index (χ3n) is 5.39. The monoisotopic (exact) mass is 489 g/mol. The van der Waals surface area contributed by atoms with Crippen LogP contribution in [0.4, 0.5) is 9.52 Å². The van der Waals surface area contributed by atoms with Crippen LogP contribution >= 0.6 is 22.9 Å². The second-order valence-corrected chi connectivity index (χ2v) is 8.67. The summed E-state index contributed by atoms with van der Waals surface area (Å²) in [6, 6.07) is 8.70. The summed E-state index contributed by atoms with van der Waals surface area (Å²) < 4.78 is 24.2. The van der Waals surface area contributed by atoms with Gasteiger partial charge in [-0.15, -0.1) is 11.3 Å². The fraction of sp³-hybridized carbons (Fsp3) is 0.261. The van der Waals surface area contributed by atoms with E-state index >= 15 is 0 Å². The lowest BCUT2D eigenvalue weighted by Crippen LogP contribution is -2.43. The molecule has 2 amide bonds. The molecular formula is C23H21ClFN3O4S. The average Bonchev–Trinajstić information content (AvgIpc) is 3.48. The van der Waals surface area contributed by atoms with Gasteiger partial charge < -0.3 is 19.7 Å². The van der Waals surface area contributed by atoms with Gasteiger partial charge in [0.15, 0.2) is 16.7 Å². The summed E-state index contributed by atoms with van der Waals surface area (Å²) in [5.74, 6) is -0.606. The van der Waals surface area contributed by atoms with Gasteiger partial charge in [0, 0.05) is 22.5 Å². The van der Waals surface area contributed by atoms with E-state index in [9.17, 15) is 14.0 Å². The maximum atomic E-state index is 14.0. The van der Waals surface area contributed by atoms with Gasteiger partial charge in [0.05, 0.1) is 25.5 Å². The summed E-state index contributed by atoms with van der Waals surface area (Å²) in [7, 11) is 2.87. The molecule has 1 atom stereocenters. The Kier molecular flexibility index (Phi) is 6.80. The largest absolute Gasteiger partial charge is 0.496 e. The number of halogens is 2. The Morgan fingerprint density at radius 2 is 1.94 bits per heavy atom. The SMILES string of the molecule is COc1ccc(-c2csc(NC(=O)C3CCCN3C(=O)c3cc(Cl)ccc3OC)n2)cc1F. The molecule has 172 valence electrons. The number of amides is 2. The number of ether oxygens (including phenoxy) is 2. The quantitative estimate of drug-likeness (QED) is 0.534. The van der Waals surface area contributed by atoms with E-state index in [0.29, 0.717) is 52.1 Å². The van der Waals surface area contributed by atoms with Gasteiger partial charge in [0.1, 0.15) is 11.8 Å². The molecule has 33 heavy (non-hydrogen) atoms. The van der Waals surface area contributed by atoms with Crippen LogP contribution in [0.3, 0.4) is 0 Å². The van der Waals surface area contributed by atoms with Crippen molar-refractivity contribution in [3.63, 3.8) is 0 Å². The summed E-state index contributed by atoms with van der Waals surface area (Å²) in [5, 5.41) is 5.29. The van der Waals surface area contributed by atoms with Crippen LogP contribution in [0, 0.1) is 5.82 Å². The first kappa shape index (κ1) is 23.0. The lowest BCUT2D eigenvalue weighted by Gasteiger charge is -2.24. The molecular weight excluding hydrogens is 469 g/mol. The maximum absolute atomic E-state index is 14.0. The molecule has 1 aliphatic heterocycles. The molecule has 2 heterocycles. The van der Waals surface area contributed by atoms with Crippen molar-refractivity contribution in [2.45, 2.75) is 18.9 Å². The van der Waals surface area contributed by atoms with E-state index in [0.717, 1.165) is 0 Å². The van der Waals surface area contributed by atoms with E-state index < -0.39 is 11.9 Å². The molecule has 0 aliphatic carbocycles. The molecule has 1 aliphatic rings. The maximum Gasteiger partial charge on any atom is 0.258 e. The normalized spacial score (nSPS) is 15.4. The zero-order valence-corrected chi connectivity index (χ0v) is 19.5. The number of hydrogen-bond donors (Lipinski definition) is 1. The van der Waals surface area contributed by atoms with Crippen LogP contribution in [0.2, 0.25) is 5.02 Å². The Balaban J connectivity index is 1.49. The molecule has 0 radical (unpaired) electrons. The first-order chi connectivity index (χ1) is 15.9. The zero-order chi connectivity index (χ0) is 23.5. The molecule has 2 aromatic carbocycles. The minimum Gasteiger partial charge on any atom is -0.496 e. The summed E-state index contributed by atoms with van der Waals surface area (Å²) in [5.41, 5.74) is 1.40. The highest BCUT2D eigenvalue weighted by Crippen LogP contribution is 2.30.